The third kappa shape index (κ3) is 2.43. The summed E-state index contributed by atoms with van der Waals surface area (Å²) in [5, 5.41) is 13.3. The predicted octanol–water partition coefficient (Wildman–Crippen LogP) is 0.921. The Bertz CT molecular complexity index is 787. The summed E-state index contributed by atoms with van der Waals surface area (Å²) in [7, 11) is 0. The number of aliphatic carboxylic acids is 1. The summed E-state index contributed by atoms with van der Waals surface area (Å²) in [5.41, 5.74) is 0.430. The predicted molar refractivity (Wildman–Crippen MR) is 73.7 cm³/mol. The van der Waals surface area contributed by atoms with Gasteiger partial charge in [0.25, 0.3) is 5.79 Å². The molecule has 106 valence electrons. The van der Waals surface area contributed by atoms with Crippen molar-refractivity contribution in [1.82, 2.24) is 5.32 Å². The zero-order valence-corrected chi connectivity index (χ0v) is 11.3. The number of nitrogens with one attached hydrogen (secondary N) is 1. The average Bonchev–Trinajstić information content (AvgIpc) is 3.04. The van der Waals surface area contributed by atoms with E-state index in [1.807, 2.05) is 24.3 Å². The second-order valence-electron chi connectivity index (χ2n) is 4.65. The van der Waals surface area contributed by atoms with E-state index in [1.54, 1.807) is 19.1 Å². The highest BCUT2D eigenvalue weighted by atomic mass is 16.4. The van der Waals surface area contributed by atoms with Crippen LogP contribution in [0.25, 0.3) is 0 Å². The maximum atomic E-state index is 10.8. The van der Waals surface area contributed by atoms with Crippen LogP contribution in [0.1, 0.15) is 12.7 Å². The van der Waals surface area contributed by atoms with Gasteiger partial charge in [-0.2, -0.15) is 0 Å². The highest BCUT2D eigenvalue weighted by molar-refractivity contribution is 5.80. The fourth-order valence-electron chi connectivity index (χ4n) is 2.23. The van der Waals surface area contributed by atoms with Gasteiger partial charge in [-0.15, -0.1) is 0 Å². The van der Waals surface area contributed by atoms with E-state index in [9.17, 15) is 4.79 Å². The Morgan fingerprint density at radius 3 is 2.43 bits per heavy atom. The van der Waals surface area contributed by atoms with E-state index < -0.39 is 11.8 Å². The average molecular weight is 283 g/mol. The number of carboxylic acid groups (broad SMARTS) is 1. The van der Waals surface area contributed by atoms with Gasteiger partial charge in [0.15, 0.2) is 5.76 Å². The molecule has 6 heteroatoms. The van der Waals surface area contributed by atoms with Crippen LogP contribution in [-0.2, 0) is 10.6 Å². The van der Waals surface area contributed by atoms with Crippen molar-refractivity contribution in [3.8, 4) is 0 Å². The standard InChI is InChI=1S/C15H13N3O3/c1-10(9-14(19)20)16-15(13-7-4-8-21-13)17-11-5-2-3-6-12(11)18-15/h2-9,16H,1H3,(H,19,20)/b10-9-. The molecule has 2 aromatic rings. The van der Waals surface area contributed by atoms with E-state index in [0.29, 0.717) is 11.5 Å². The number of hydrogen-bond donors (Lipinski definition) is 2. The lowest BCUT2D eigenvalue weighted by atomic mass is 10.2. The minimum absolute atomic E-state index is 0.430. The Morgan fingerprint density at radius 2 is 1.90 bits per heavy atom. The molecule has 0 bridgehead atoms. The lowest BCUT2D eigenvalue weighted by Gasteiger charge is -2.23. The second-order valence-corrected chi connectivity index (χ2v) is 4.65. The van der Waals surface area contributed by atoms with Crippen molar-refractivity contribution in [2.45, 2.75) is 12.7 Å². The van der Waals surface area contributed by atoms with Gasteiger partial charge in [-0.05, 0) is 31.2 Å². The molecule has 0 atom stereocenters. The van der Waals surface area contributed by atoms with Crippen molar-refractivity contribution < 1.29 is 14.3 Å². The fraction of sp³-hybridized carbons (Fsp3) is 0.133. The topological polar surface area (TPSA) is 87.2 Å². The molecule has 0 radical (unpaired) electrons. The largest absolute Gasteiger partial charge is 0.478 e. The van der Waals surface area contributed by atoms with Crippen molar-refractivity contribution in [2.75, 3.05) is 0 Å². The monoisotopic (exact) mass is 283 g/mol. The maximum absolute atomic E-state index is 10.8. The molecule has 3 rings (SSSR count). The summed E-state index contributed by atoms with van der Waals surface area (Å²) in [6.45, 7) is 1.65. The summed E-state index contributed by atoms with van der Waals surface area (Å²) in [5.74, 6) is -1.70. The maximum Gasteiger partial charge on any atom is 0.330 e. The Labute approximate surface area is 120 Å². The third-order valence-corrected chi connectivity index (χ3v) is 3.02. The van der Waals surface area contributed by atoms with Crippen LogP contribution in [0.5, 0.6) is 0 Å². The molecule has 2 N–H and O–H groups in total. The van der Waals surface area contributed by atoms with E-state index in [-0.39, 0.29) is 0 Å². The van der Waals surface area contributed by atoms with Gasteiger partial charge >= 0.3 is 5.97 Å². The third-order valence-electron chi connectivity index (χ3n) is 3.02. The van der Waals surface area contributed by atoms with Gasteiger partial charge in [0.1, 0.15) is 0 Å². The quantitative estimate of drug-likeness (QED) is 0.817. The SMILES string of the molecule is C/C(=C/C(=O)O)NC1(c2ccco2)N=c2ccccc2=N1. The summed E-state index contributed by atoms with van der Waals surface area (Å²) >= 11 is 0. The van der Waals surface area contributed by atoms with Gasteiger partial charge in [0.05, 0.1) is 17.0 Å². The molecular weight excluding hydrogens is 270 g/mol. The van der Waals surface area contributed by atoms with Crippen LogP contribution in [0.15, 0.2) is 68.8 Å². The number of allylic oxidation sites excluding steroid dienone is 1. The van der Waals surface area contributed by atoms with Gasteiger partial charge in [-0.3, -0.25) is 0 Å². The van der Waals surface area contributed by atoms with Crippen LogP contribution in [0, 0.1) is 0 Å². The Balaban J connectivity index is 2.12. The molecule has 2 heterocycles. The number of furan rings is 1. The molecule has 0 unspecified atom stereocenters. The molecule has 0 amide bonds. The molecule has 6 nitrogen and oxygen atoms in total. The minimum Gasteiger partial charge on any atom is -0.478 e. The summed E-state index contributed by atoms with van der Waals surface area (Å²) in [6.07, 6.45) is 2.60. The van der Waals surface area contributed by atoms with E-state index in [0.717, 1.165) is 16.8 Å². The molecule has 1 aromatic carbocycles. The number of benzene rings is 1. The first-order valence-electron chi connectivity index (χ1n) is 6.37. The Hall–Kier alpha value is -2.89. The van der Waals surface area contributed by atoms with E-state index >= 15 is 0 Å². The number of hydrogen-bond acceptors (Lipinski definition) is 5. The van der Waals surface area contributed by atoms with E-state index in [2.05, 4.69) is 15.3 Å². The Morgan fingerprint density at radius 1 is 1.24 bits per heavy atom. The molecule has 21 heavy (non-hydrogen) atoms. The molecule has 0 aliphatic carbocycles. The van der Waals surface area contributed by atoms with Crippen LogP contribution in [-0.4, -0.2) is 11.1 Å². The summed E-state index contributed by atoms with van der Waals surface area (Å²) in [4.78, 5) is 19.9. The number of rotatable bonds is 4. The zero-order chi connectivity index (χ0) is 14.9. The van der Waals surface area contributed by atoms with Gasteiger partial charge < -0.3 is 14.8 Å². The van der Waals surface area contributed by atoms with E-state index in [4.69, 9.17) is 9.52 Å². The number of carboxylic acids is 1. The van der Waals surface area contributed by atoms with Crippen LogP contribution < -0.4 is 16.0 Å². The van der Waals surface area contributed by atoms with Crippen molar-refractivity contribution in [1.29, 1.82) is 0 Å². The zero-order valence-electron chi connectivity index (χ0n) is 11.3. The fourth-order valence-corrected chi connectivity index (χ4v) is 2.23. The molecule has 1 aliphatic heterocycles. The number of fused-ring (bicyclic) bond motifs is 1. The number of para-hydroxylation sites is 2. The van der Waals surface area contributed by atoms with E-state index in [1.165, 1.54) is 6.26 Å². The first-order valence-corrected chi connectivity index (χ1v) is 6.37. The molecule has 0 saturated carbocycles. The summed E-state index contributed by atoms with van der Waals surface area (Å²) in [6, 6.07) is 10.9. The highest BCUT2D eigenvalue weighted by Crippen LogP contribution is 2.26. The van der Waals surface area contributed by atoms with Crippen LogP contribution in [0.3, 0.4) is 0 Å². The molecule has 0 spiro atoms. The second kappa shape index (κ2) is 4.90. The van der Waals surface area contributed by atoms with Gasteiger partial charge in [-0.25, -0.2) is 14.8 Å². The van der Waals surface area contributed by atoms with Crippen molar-refractivity contribution in [3.05, 3.63) is 70.9 Å². The minimum atomic E-state index is -1.16. The van der Waals surface area contributed by atoms with Crippen molar-refractivity contribution in [3.63, 3.8) is 0 Å². The highest BCUT2D eigenvalue weighted by Gasteiger charge is 2.36. The number of carbonyl (C=O) groups is 1. The molecule has 1 aromatic heterocycles. The first kappa shape index (κ1) is 13.1. The lowest BCUT2D eigenvalue weighted by molar-refractivity contribution is -0.131. The first-order chi connectivity index (χ1) is 10.1. The number of nitrogens with zero attached hydrogens (tertiary/aromatic N) is 2. The van der Waals surface area contributed by atoms with Gasteiger partial charge in [-0.1, -0.05) is 12.1 Å². The van der Waals surface area contributed by atoms with Gasteiger partial charge in [0, 0.05) is 11.8 Å². The van der Waals surface area contributed by atoms with Gasteiger partial charge in [0.2, 0.25) is 0 Å². The van der Waals surface area contributed by atoms with Crippen LogP contribution in [0.2, 0.25) is 0 Å². The van der Waals surface area contributed by atoms with Crippen molar-refractivity contribution in [2.24, 2.45) is 9.98 Å². The molecule has 0 fully saturated rings. The lowest BCUT2D eigenvalue weighted by Crippen LogP contribution is -2.37. The summed E-state index contributed by atoms with van der Waals surface area (Å²) < 4.78 is 5.43. The van der Waals surface area contributed by atoms with Crippen LogP contribution in [0.4, 0.5) is 0 Å². The van der Waals surface area contributed by atoms with Crippen LogP contribution >= 0.6 is 0 Å². The van der Waals surface area contributed by atoms with Crippen molar-refractivity contribution >= 4 is 5.97 Å². The molecule has 1 aliphatic rings. The smallest absolute Gasteiger partial charge is 0.330 e. The molecule has 0 saturated heterocycles. The molecular formula is C15H13N3O3. The Kier molecular flexibility index (Phi) is 3.06. The normalized spacial score (nSPS) is 15.8.